The summed E-state index contributed by atoms with van der Waals surface area (Å²) in [6.45, 7) is 6.79. The predicted molar refractivity (Wildman–Crippen MR) is 218 cm³/mol. The van der Waals surface area contributed by atoms with Crippen molar-refractivity contribution in [3.8, 4) is 26.8 Å². The van der Waals surface area contributed by atoms with E-state index in [1.54, 1.807) is 11.3 Å². The first-order valence-corrected chi connectivity index (χ1v) is 18.3. The van der Waals surface area contributed by atoms with Crippen molar-refractivity contribution in [2.75, 3.05) is 4.90 Å². The minimum atomic E-state index is 0.0681. The van der Waals surface area contributed by atoms with Crippen molar-refractivity contribution in [2.45, 2.75) is 26.2 Å². The van der Waals surface area contributed by atoms with Crippen LogP contribution in [0.15, 0.2) is 170 Å². The third kappa shape index (κ3) is 5.49. The monoisotopic (exact) mass is 675 g/mol. The molecule has 3 nitrogen and oxygen atoms in total. The van der Waals surface area contributed by atoms with Gasteiger partial charge in [0.15, 0.2) is 5.82 Å². The molecule has 2 aromatic heterocycles. The lowest BCUT2D eigenvalue weighted by molar-refractivity contribution is 0.590. The Balaban J connectivity index is 1.18. The van der Waals surface area contributed by atoms with Gasteiger partial charge in [-0.3, -0.25) is 4.57 Å². The van der Waals surface area contributed by atoms with Crippen LogP contribution in [0.3, 0.4) is 0 Å². The first kappa shape index (κ1) is 31.0. The second-order valence-corrected chi connectivity index (χ2v) is 15.2. The van der Waals surface area contributed by atoms with E-state index in [1.807, 2.05) is 0 Å². The molecule has 0 unspecified atom stereocenters. The minimum Gasteiger partial charge on any atom is -0.311 e. The van der Waals surface area contributed by atoms with Gasteiger partial charge in [-0.25, -0.2) is 4.98 Å². The second-order valence-electron chi connectivity index (χ2n) is 14.1. The van der Waals surface area contributed by atoms with Crippen molar-refractivity contribution in [2.24, 2.45) is 0 Å². The highest BCUT2D eigenvalue weighted by molar-refractivity contribution is 7.18. The van der Waals surface area contributed by atoms with Crippen LogP contribution in [0.2, 0.25) is 0 Å². The summed E-state index contributed by atoms with van der Waals surface area (Å²) >= 11 is 1.79. The first-order valence-electron chi connectivity index (χ1n) is 17.5. The molecule has 0 spiro atoms. The van der Waals surface area contributed by atoms with Crippen molar-refractivity contribution in [3.05, 3.63) is 175 Å². The van der Waals surface area contributed by atoms with Gasteiger partial charge in [-0.05, 0) is 88.0 Å². The number of hydrogen-bond donors (Lipinski definition) is 0. The maximum atomic E-state index is 5.49. The molecule has 9 aromatic rings. The summed E-state index contributed by atoms with van der Waals surface area (Å²) < 4.78 is 2.38. The van der Waals surface area contributed by atoms with Crippen molar-refractivity contribution in [1.82, 2.24) is 9.55 Å². The van der Waals surface area contributed by atoms with E-state index in [-0.39, 0.29) is 5.41 Å². The van der Waals surface area contributed by atoms with Crippen LogP contribution in [0, 0.1) is 0 Å². The van der Waals surface area contributed by atoms with Crippen LogP contribution in [0.4, 0.5) is 17.1 Å². The standard InChI is InChI=1S/C47H37N3S/c1-47(2,3)33-24-28-37(29-25-33)50-45-41-21-13-11-19-39(41)38-18-10-12-20-40(38)44(45)48-46(50)43-31-30-42(51-43)32-22-26-36(27-23-32)49(34-14-6-4-7-15-34)35-16-8-5-9-17-35/h4-31H,1-3H3. The summed E-state index contributed by atoms with van der Waals surface area (Å²) in [7, 11) is 0. The van der Waals surface area contributed by atoms with Crippen molar-refractivity contribution in [1.29, 1.82) is 0 Å². The van der Waals surface area contributed by atoms with Gasteiger partial charge in [0.2, 0.25) is 0 Å². The van der Waals surface area contributed by atoms with E-state index in [4.69, 9.17) is 4.98 Å². The van der Waals surface area contributed by atoms with E-state index >= 15 is 0 Å². The largest absolute Gasteiger partial charge is 0.311 e. The Labute approximate surface area is 302 Å². The molecule has 0 amide bonds. The molecule has 7 aromatic carbocycles. The van der Waals surface area contributed by atoms with Gasteiger partial charge in [0.05, 0.1) is 15.9 Å². The van der Waals surface area contributed by atoms with E-state index in [0.29, 0.717) is 0 Å². The van der Waals surface area contributed by atoms with Crippen LogP contribution in [0.1, 0.15) is 26.3 Å². The molecule has 0 aliphatic carbocycles. The van der Waals surface area contributed by atoms with E-state index in [1.165, 1.54) is 37.5 Å². The topological polar surface area (TPSA) is 21.1 Å². The molecule has 0 radical (unpaired) electrons. The number of imidazole rings is 1. The number of rotatable bonds is 6. The van der Waals surface area contributed by atoms with Gasteiger partial charge in [0.1, 0.15) is 0 Å². The smallest absolute Gasteiger partial charge is 0.155 e. The second kappa shape index (κ2) is 12.4. The van der Waals surface area contributed by atoms with Gasteiger partial charge in [-0.1, -0.05) is 130 Å². The number of thiophene rings is 1. The molecule has 51 heavy (non-hydrogen) atoms. The summed E-state index contributed by atoms with van der Waals surface area (Å²) in [5.41, 5.74) is 9.22. The summed E-state index contributed by atoms with van der Waals surface area (Å²) in [4.78, 5) is 10.1. The van der Waals surface area contributed by atoms with Gasteiger partial charge in [-0.15, -0.1) is 11.3 Å². The summed E-state index contributed by atoms with van der Waals surface area (Å²) in [6, 6.07) is 61.0. The molecule has 2 heterocycles. The third-order valence-electron chi connectivity index (χ3n) is 9.79. The molecule has 0 bridgehead atoms. The quantitative estimate of drug-likeness (QED) is 0.164. The van der Waals surface area contributed by atoms with Gasteiger partial charge < -0.3 is 4.90 Å². The first-order chi connectivity index (χ1) is 24.9. The highest BCUT2D eigenvalue weighted by Crippen LogP contribution is 2.43. The van der Waals surface area contributed by atoms with Crippen LogP contribution >= 0.6 is 11.3 Å². The Morgan fingerprint density at radius 2 is 1.00 bits per heavy atom. The number of benzene rings is 7. The summed E-state index contributed by atoms with van der Waals surface area (Å²) in [6.07, 6.45) is 0. The molecule has 0 aliphatic rings. The fourth-order valence-corrected chi connectivity index (χ4v) is 8.21. The molecule has 246 valence electrons. The zero-order chi connectivity index (χ0) is 34.5. The zero-order valence-electron chi connectivity index (χ0n) is 28.9. The van der Waals surface area contributed by atoms with E-state index in [0.717, 1.165) is 44.5 Å². The van der Waals surface area contributed by atoms with Gasteiger partial charge in [0.25, 0.3) is 0 Å². The van der Waals surface area contributed by atoms with Gasteiger partial charge in [-0.2, -0.15) is 0 Å². The summed E-state index contributed by atoms with van der Waals surface area (Å²) in [5.74, 6) is 0.960. The molecule has 0 saturated carbocycles. The number of fused-ring (bicyclic) bond motifs is 6. The minimum absolute atomic E-state index is 0.0681. The van der Waals surface area contributed by atoms with Crippen molar-refractivity contribution < 1.29 is 0 Å². The van der Waals surface area contributed by atoms with Crippen molar-refractivity contribution in [3.63, 3.8) is 0 Å². The Hall–Kier alpha value is -5.97. The predicted octanol–water partition coefficient (Wildman–Crippen LogP) is 13.5. The number of para-hydroxylation sites is 2. The number of aromatic nitrogens is 2. The Bertz CT molecular complexity index is 2610. The van der Waals surface area contributed by atoms with Crippen LogP contribution in [-0.2, 0) is 5.41 Å². The maximum Gasteiger partial charge on any atom is 0.155 e. The molecular weight excluding hydrogens is 639 g/mol. The fraction of sp³-hybridized carbons (Fsp3) is 0.0851. The number of anilines is 3. The molecule has 9 rings (SSSR count). The zero-order valence-corrected chi connectivity index (χ0v) is 29.7. The Morgan fingerprint density at radius 1 is 0.490 bits per heavy atom. The normalized spacial score (nSPS) is 11.8. The molecule has 4 heteroatoms. The third-order valence-corrected chi connectivity index (χ3v) is 10.9. The molecule has 0 atom stereocenters. The van der Waals surface area contributed by atoms with E-state index in [9.17, 15) is 0 Å². The average Bonchev–Trinajstić information content (AvgIpc) is 3.83. The van der Waals surface area contributed by atoms with Crippen LogP contribution in [-0.4, -0.2) is 9.55 Å². The van der Waals surface area contributed by atoms with Crippen LogP contribution < -0.4 is 4.90 Å². The van der Waals surface area contributed by atoms with Gasteiger partial charge in [0, 0.05) is 38.4 Å². The molecule has 0 saturated heterocycles. The maximum absolute atomic E-state index is 5.49. The highest BCUT2D eigenvalue weighted by Gasteiger charge is 2.22. The van der Waals surface area contributed by atoms with Gasteiger partial charge >= 0.3 is 0 Å². The number of nitrogens with zero attached hydrogens (tertiary/aromatic N) is 3. The Morgan fingerprint density at radius 3 is 1.61 bits per heavy atom. The number of hydrogen-bond acceptors (Lipinski definition) is 3. The van der Waals surface area contributed by atoms with Crippen molar-refractivity contribution >= 4 is 61.0 Å². The van der Waals surface area contributed by atoms with Crippen LogP contribution in [0.5, 0.6) is 0 Å². The molecule has 0 aliphatic heterocycles. The average molecular weight is 676 g/mol. The van der Waals surface area contributed by atoms with E-state index < -0.39 is 0 Å². The Kier molecular flexibility index (Phi) is 7.56. The lowest BCUT2D eigenvalue weighted by Crippen LogP contribution is -2.11. The van der Waals surface area contributed by atoms with Crippen LogP contribution in [0.25, 0.3) is 59.4 Å². The molecule has 0 fully saturated rings. The molecular formula is C47H37N3S. The highest BCUT2D eigenvalue weighted by atomic mass is 32.1. The lowest BCUT2D eigenvalue weighted by atomic mass is 9.87. The summed E-state index contributed by atoms with van der Waals surface area (Å²) in [5, 5.41) is 4.85. The lowest BCUT2D eigenvalue weighted by Gasteiger charge is -2.25. The van der Waals surface area contributed by atoms with E-state index in [2.05, 4.69) is 200 Å². The fourth-order valence-electron chi connectivity index (χ4n) is 7.22. The SMILES string of the molecule is CC(C)(C)c1ccc(-n2c(-c3ccc(-c4ccc(N(c5ccccc5)c5ccccc5)cc4)s3)nc3c4ccccc4c4ccccc4c32)cc1. The molecule has 0 N–H and O–H groups in total.